The molecule has 2 heteroatoms. The lowest BCUT2D eigenvalue weighted by molar-refractivity contribution is 0.0914. The summed E-state index contributed by atoms with van der Waals surface area (Å²) >= 11 is 0. The largest absolute Gasteiger partial charge is 0.490 e. The van der Waals surface area contributed by atoms with Crippen LogP contribution < -0.4 is 4.74 Å². The molecule has 0 radical (unpaired) electrons. The van der Waals surface area contributed by atoms with Gasteiger partial charge < -0.3 is 4.74 Å². The Bertz CT molecular complexity index is 661. The van der Waals surface area contributed by atoms with E-state index in [0.29, 0.717) is 6.42 Å². The molecule has 1 aliphatic carbocycles. The van der Waals surface area contributed by atoms with Crippen molar-refractivity contribution in [2.24, 2.45) is 5.41 Å². The highest BCUT2D eigenvalue weighted by Crippen LogP contribution is 2.39. The standard InChI is InChI=1S/C21H23NO/c1-21(15-16-22)13-11-20(12-14-21)23-19-9-7-18(8-10-19)17-5-3-2-4-6-17/h2-10,20H,11-15H2,1H3. The number of nitriles is 1. The Morgan fingerprint density at radius 2 is 1.61 bits per heavy atom. The third kappa shape index (κ3) is 3.93. The molecule has 0 aliphatic heterocycles. The van der Waals surface area contributed by atoms with Crippen molar-refractivity contribution in [2.45, 2.75) is 45.1 Å². The monoisotopic (exact) mass is 305 g/mol. The molecule has 118 valence electrons. The molecule has 0 unspecified atom stereocenters. The molecule has 2 nitrogen and oxygen atoms in total. The third-order valence-corrected chi connectivity index (χ3v) is 4.91. The number of benzene rings is 2. The van der Waals surface area contributed by atoms with Gasteiger partial charge in [0.05, 0.1) is 12.2 Å². The van der Waals surface area contributed by atoms with E-state index in [4.69, 9.17) is 10.00 Å². The molecule has 23 heavy (non-hydrogen) atoms. The molecule has 0 aromatic heterocycles. The maximum absolute atomic E-state index is 8.92. The average molecular weight is 305 g/mol. The lowest BCUT2D eigenvalue weighted by Gasteiger charge is -2.35. The molecule has 3 rings (SSSR count). The van der Waals surface area contributed by atoms with Gasteiger partial charge in [0.2, 0.25) is 0 Å². The van der Waals surface area contributed by atoms with Gasteiger partial charge in [-0.15, -0.1) is 0 Å². The Morgan fingerprint density at radius 3 is 2.22 bits per heavy atom. The maximum Gasteiger partial charge on any atom is 0.119 e. The Kier molecular flexibility index (Phi) is 4.67. The summed E-state index contributed by atoms with van der Waals surface area (Å²) in [6, 6.07) is 21.1. The van der Waals surface area contributed by atoms with E-state index in [2.05, 4.69) is 61.5 Å². The smallest absolute Gasteiger partial charge is 0.119 e. The Morgan fingerprint density at radius 1 is 1.00 bits per heavy atom. The number of hydrogen-bond acceptors (Lipinski definition) is 2. The zero-order chi connectivity index (χ0) is 16.1. The van der Waals surface area contributed by atoms with Gasteiger partial charge in [-0.25, -0.2) is 0 Å². The Hall–Kier alpha value is -2.27. The predicted molar refractivity (Wildman–Crippen MR) is 93.1 cm³/mol. The molecule has 2 aromatic carbocycles. The fraction of sp³-hybridized carbons (Fsp3) is 0.381. The van der Waals surface area contributed by atoms with E-state index in [-0.39, 0.29) is 11.5 Å². The molecule has 1 saturated carbocycles. The highest BCUT2D eigenvalue weighted by atomic mass is 16.5. The van der Waals surface area contributed by atoms with Crippen molar-refractivity contribution in [1.82, 2.24) is 0 Å². The zero-order valence-electron chi connectivity index (χ0n) is 13.7. The zero-order valence-corrected chi connectivity index (χ0v) is 13.7. The van der Waals surface area contributed by atoms with Crippen LogP contribution in [0.25, 0.3) is 11.1 Å². The number of ether oxygens (including phenoxy) is 1. The number of nitrogens with zero attached hydrogens (tertiary/aromatic N) is 1. The predicted octanol–water partition coefficient (Wildman–Crippen LogP) is 5.59. The fourth-order valence-corrected chi connectivity index (χ4v) is 3.32. The van der Waals surface area contributed by atoms with Gasteiger partial charge in [-0.2, -0.15) is 5.26 Å². The minimum absolute atomic E-state index is 0.186. The van der Waals surface area contributed by atoms with Gasteiger partial charge in [0, 0.05) is 6.42 Å². The molecule has 1 fully saturated rings. The molecule has 0 atom stereocenters. The van der Waals surface area contributed by atoms with Crippen LogP contribution in [0.2, 0.25) is 0 Å². The summed E-state index contributed by atoms with van der Waals surface area (Å²) in [6.07, 6.45) is 5.17. The lowest BCUT2D eigenvalue weighted by Crippen LogP contribution is -2.30. The van der Waals surface area contributed by atoms with Crippen LogP contribution in [-0.2, 0) is 0 Å². The second kappa shape index (κ2) is 6.87. The summed E-state index contributed by atoms with van der Waals surface area (Å²) < 4.78 is 6.13. The highest BCUT2D eigenvalue weighted by molar-refractivity contribution is 5.63. The van der Waals surface area contributed by atoms with E-state index >= 15 is 0 Å². The summed E-state index contributed by atoms with van der Waals surface area (Å²) in [4.78, 5) is 0. The minimum Gasteiger partial charge on any atom is -0.490 e. The van der Waals surface area contributed by atoms with Crippen LogP contribution in [0.3, 0.4) is 0 Å². The van der Waals surface area contributed by atoms with Crippen LogP contribution in [-0.4, -0.2) is 6.10 Å². The molecular weight excluding hydrogens is 282 g/mol. The molecular formula is C21H23NO. The van der Waals surface area contributed by atoms with Crippen LogP contribution in [0.5, 0.6) is 5.75 Å². The first-order valence-electron chi connectivity index (χ1n) is 8.38. The van der Waals surface area contributed by atoms with E-state index in [1.54, 1.807) is 0 Å². The summed E-state index contributed by atoms with van der Waals surface area (Å²) in [7, 11) is 0. The van der Waals surface area contributed by atoms with Crippen LogP contribution in [0.1, 0.15) is 39.0 Å². The van der Waals surface area contributed by atoms with Gasteiger partial charge in [-0.1, -0.05) is 49.4 Å². The molecule has 1 aliphatic rings. The van der Waals surface area contributed by atoms with Crippen LogP contribution in [0.4, 0.5) is 0 Å². The summed E-state index contributed by atoms with van der Waals surface area (Å²) in [5.74, 6) is 0.943. The first-order valence-corrected chi connectivity index (χ1v) is 8.38. The van der Waals surface area contributed by atoms with Crippen molar-refractivity contribution in [3.63, 3.8) is 0 Å². The molecule has 2 aromatic rings. The summed E-state index contributed by atoms with van der Waals surface area (Å²) in [6.45, 7) is 2.22. The van der Waals surface area contributed by atoms with E-state index in [9.17, 15) is 0 Å². The van der Waals surface area contributed by atoms with Crippen LogP contribution >= 0.6 is 0 Å². The highest BCUT2D eigenvalue weighted by Gasteiger charge is 2.31. The number of hydrogen-bond donors (Lipinski definition) is 0. The van der Waals surface area contributed by atoms with E-state index in [1.165, 1.54) is 11.1 Å². The SMILES string of the molecule is CC1(CC#N)CCC(Oc2ccc(-c3ccccc3)cc2)CC1. The molecule has 0 amide bonds. The van der Waals surface area contributed by atoms with Gasteiger partial charge in [0.25, 0.3) is 0 Å². The van der Waals surface area contributed by atoms with Gasteiger partial charge in [0.1, 0.15) is 5.75 Å². The van der Waals surface area contributed by atoms with Gasteiger partial charge in [-0.05, 0) is 54.4 Å². The number of rotatable bonds is 4. The Labute approximate surface area is 138 Å². The second-order valence-electron chi connectivity index (χ2n) is 6.85. The molecule has 0 N–H and O–H groups in total. The molecule has 0 saturated heterocycles. The molecule has 0 bridgehead atoms. The maximum atomic E-state index is 8.92. The average Bonchev–Trinajstić information content (AvgIpc) is 2.59. The summed E-state index contributed by atoms with van der Waals surface area (Å²) in [5, 5.41) is 8.92. The molecule has 0 heterocycles. The van der Waals surface area contributed by atoms with E-state index in [1.807, 2.05) is 6.07 Å². The Balaban J connectivity index is 1.59. The fourth-order valence-electron chi connectivity index (χ4n) is 3.32. The first kappa shape index (κ1) is 15.6. The van der Waals surface area contributed by atoms with Crippen LogP contribution in [0, 0.1) is 16.7 Å². The van der Waals surface area contributed by atoms with Gasteiger partial charge >= 0.3 is 0 Å². The van der Waals surface area contributed by atoms with Crippen molar-refractivity contribution >= 4 is 0 Å². The van der Waals surface area contributed by atoms with Gasteiger partial charge in [-0.3, -0.25) is 0 Å². The normalized spacial score (nSPS) is 23.9. The topological polar surface area (TPSA) is 33.0 Å². The van der Waals surface area contributed by atoms with E-state index in [0.717, 1.165) is 31.4 Å². The van der Waals surface area contributed by atoms with E-state index < -0.39 is 0 Å². The summed E-state index contributed by atoms with van der Waals surface area (Å²) in [5.41, 5.74) is 2.62. The minimum atomic E-state index is 0.186. The second-order valence-corrected chi connectivity index (χ2v) is 6.85. The van der Waals surface area contributed by atoms with Gasteiger partial charge in [0.15, 0.2) is 0 Å². The third-order valence-electron chi connectivity index (χ3n) is 4.91. The van der Waals surface area contributed by atoms with Crippen molar-refractivity contribution in [2.75, 3.05) is 0 Å². The lowest BCUT2D eigenvalue weighted by atomic mass is 9.73. The molecule has 0 spiro atoms. The van der Waals surface area contributed by atoms with Crippen molar-refractivity contribution in [1.29, 1.82) is 5.26 Å². The van der Waals surface area contributed by atoms with Crippen LogP contribution in [0.15, 0.2) is 54.6 Å². The quantitative estimate of drug-likeness (QED) is 0.737. The van der Waals surface area contributed by atoms with Crippen molar-refractivity contribution in [3.8, 4) is 22.9 Å². The van der Waals surface area contributed by atoms with Crippen molar-refractivity contribution in [3.05, 3.63) is 54.6 Å². The first-order chi connectivity index (χ1) is 11.2. The van der Waals surface area contributed by atoms with Crippen molar-refractivity contribution < 1.29 is 4.74 Å².